The summed E-state index contributed by atoms with van der Waals surface area (Å²) in [5.41, 5.74) is 6.35. The van der Waals surface area contributed by atoms with E-state index in [-0.39, 0.29) is 0 Å². The molecule has 2 N–H and O–H groups in total. The molecule has 1 saturated heterocycles. The smallest absolute Gasteiger partial charge is 0.0250 e. The van der Waals surface area contributed by atoms with Gasteiger partial charge in [-0.25, -0.2) is 0 Å². The van der Waals surface area contributed by atoms with Crippen molar-refractivity contribution < 1.29 is 0 Å². The zero-order chi connectivity index (χ0) is 10.7. The van der Waals surface area contributed by atoms with Crippen molar-refractivity contribution in [3.05, 3.63) is 0 Å². The second-order valence-electron chi connectivity index (χ2n) is 5.45. The molecule has 2 aliphatic rings. The van der Waals surface area contributed by atoms with Crippen LogP contribution in [0.4, 0.5) is 0 Å². The van der Waals surface area contributed by atoms with Gasteiger partial charge in [0.25, 0.3) is 0 Å². The fourth-order valence-corrected chi connectivity index (χ4v) is 3.35. The summed E-state index contributed by atoms with van der Waals surface area (Å²) in [4.78, 5) is 2.69. The number of likely N-dealkylation sites (tertiary alicyclic amines) is 1. The molecule has 2 rings (SSSR count). The normalized spacial score (nSPS) is 40.0. The van der Waals surface area contributed by atoms with Crippen LogP contribution in [0.1, 0.15) is 58.3 Å². The van der Waals surface area contributed by atoms with Crippen molar-refractivity contribution in [1.82, 2.24) is 4.90 Å². The molecule has 0 amide bonds. The van der Waals surface area contributed by atoms with Gasteiger partial charge in [0.15, 0.2) is 0 Å². The van der Waals surface area contributed by atoms with E-state index in [1.54, 1.807) is 0 Å². The molecule has 2 heteroatoms. The van der Waals surface area contributed by atoms with E-state index >= 15 is 0 Å². The fraction of sp³-hybridized carbons (Fsp3) is 1.00. The Bertz CT molecular complexity index is 193. The maximum Gasteiger partial charge on any atom is 0.0250 e. The summed E-state index contributed by atoms with van der Waals surface area (Å²) in [6, 6.07) is 1.90. The van der Waals surface area contributed by atoms with E-state index in [0.717, 1.165) is 6.04 Å². The lowest BCUT2D eigenvalue weighted by Crippen LogP contribution is -2.49. The predicted octanol–water partition coefficient (Wildman–Crippen LogP) is 2.52. The third-order valence-electron chi connectivity index (χ3n) is 4.31. The third-order valence-corrected chi connectivity index (χ3v) is 4.31. The zero-order valence-corrected chi connectivity index (χ0v) is 10.1. The molecule has 0 aromatic carbocycles. The van der Waals surface area contributed by atoms with E-state index < -0.39 is 0 Å². The van der Waals surface area contributed by atoms with Crippen LogP contribution in [0.2, 0.25) is 0 Å². The molecular formula is C13H26N2. The van der Waals surface area contributed by atoms with Gasteiger partial charge < -0.3 is 5.73 Å². The molecule has 1 aliphatic carbocycles. The molecule has 0 spiro atoms. The van der Waals surface area contributed by atoms with Crippen molar-refractivity contribution in [2.45, 2.75) is 76.4 Å². The van der Waals surface area contributed by atoms with Crippen molar-refractivity contribution in [3.63, 3.8) is 0 Å². The number of hydrogen-bond acceptors (Lipinski definition) is 2. The van der Waals surface area contributed by atoms with E-state index in [9.17, 15) is 0 Å². The molecule has 2 fully saturated rings. The summed E-state index contributed by atoms with van der Waals surface area (Å²) >= 11 is 0. The molecule has 0 aromatic rings. The highest BCUT2D eigenvalue weighted by Gasteiger charge is 2.31. The highest BCUT2D eigenvalue weighted by Crippen LogP contribution is 2.27. The lowest BCUT2D eigenvalue weighted by atomic mass is 9.91. The molecule has 0 radical (unpaired) electrons. The molecule has 3 atom stereocenters. The maximum atomic E-state index is 6.35. The van der Waals surface area contributed by atoms with Crippen LogP contribution in [-0.4, -0.2) is 29.6 Å². The molecular weight excluding hydrogens is 184 g/mol. The first-order valence-electron chi connectivity index (χ1n) is 6.80. The van der Waals surface area contributed by atoms with E-state index in [4.69, 9.17) is 5.73 Å². The van der Waals surface area contributed by atoms with Gasteiger partial charge in [-0.05, 0) is 39.2 Å². The minimum Gasteiger partial charge on any atom is -0.326 e. The quantitative estimate of drug-likeness (QED) is 0.720. The summed E-state index contributed by atoms with van der Waals surface area (Å²) in [5, 5.41) is 0. The molecule has 3 unspecified atom stereocenters. The fourth-order valence-electron chi connectivity index (χ4n) is 3.35. The topological polar surface area (TPSA) is 29.3 Å². The van der Waals surface area contributed by atoms with E-state index in [1.807, 2.05) is 0 Å². The van der Waals surface area contributed by atoms with E-state index in [2.05, 4.69) is 11.8 Å². The Morgan fingerprint density at radius 1 is 0.933 bits per heavy atom. The van der Waals surface area contributed by atoms with Gasteiger partial charge in [-0.3, -0.25) is 4.90 Å². The average molecular weight is 210 g/mol. The summed E-state index contributed by atoms with van der Waals surface area (Å²) in [6.07, 6.45) is 10.9. The lowest BCUT2D eigenvalue weighted by molar-refractivity contribution is 0.142. The van der Waals surface area contributed by atoms with Crippen LogP contribution in [-0.2, 0) is 0 Å². The largest absolute Gasteiger partial charge is 0.326 e. The van der Waals surface area contributed by atoms with Gasteiger partial charge in [0.1, 0.15) is 0 Å². The molecule has 1 heterocycles. The highest BCUT2D eigenvalue weighted by molar-refractivity contribution is 4.89. The van der Waals surface area contributed by atoms with Gasteiger partial charge >= 0.3 is 0 Å². The minimum atomic E-state index is 0.436. The summed E-state index contributed by atoms with van der Waals surface area (Å²) in [6.45, 7) is 3.66. The second-order valence-corrected chi connectivity index (χ2v) is 5.45. The van der Waals surface area contributed by atoms with Crippen LogP contribution in [0.25, 0.3) is 0 Å². The first kappa shape index (κ1) is 11.4. The van der Waals surface area contributed by atoms with Crippen molar-refractivity contribution in [2.75, 3.05) is 6.54 Å². The summed E-state index contributed by atoms with van der Waals surface area (Å²) in [5.74, 6) is 0. The van der Waals surface area contributed by atoms with E-state index in [0.29, 0.717) is 12.1 Å². The third kappa shape index (κ3) is 2.73. The van der Waals surface area contributed by atoms with E-state index in [1.165, 1.54) is 57.9 Å². The Hall–Kier alpha value is -0.0800. The van der Waals surface area contributed by atoms with Gasteiger partial charge in [-0.2, -0.15) is 0 Å². The van der Waals surface area contributed by atoms with Crippen molar-refractivity contribution in [2.24, 2.45) is 5.73 Å². The Kier molecular flexibility index (Phi) is 4.04. The van der Waals surface area contributed by atoms with Gasteiger partial charge in [-0.1, -0.05) is 25.7 Å². The molecule has 0 aromatic heterocycles. The summed E-state index contributed by atoms with van der Waals surface area (Å²) in [7, 11) is 0. The zero-order valence-electron chi connectivity index (χ0n) is 10.1. The van der Waals surface area contributed by atoms with Crippen LogP contribution in [0.15, 0.2) is 0 Å². The molecule has 88 valence electrons. The van der Waals surface area contributed by atoms with Crippen LogP contribution in [0.3, 0.4) is 0 Å². The first-order valence-corrected chi connectivity index (χ1v) is 6.80. The lowest BCUT2D eigenvalue weighted by Gasteiger charge is -2.36. The standard InChI is InChI=1S/C13H26N2/c1-11-7-6-10-15(11)13-9-5-3-2-4-8-12(13)14/h11-13H,2-10,14H2,1H3. The Morgan fingerprint density at radius 2 is 1.67 bits per heavy atom. The molecule has 1 saturated carbocycles. The van der Waals surface area contributed by atoms with Crippen molar-refractivity contribution in [1.29, 1.82) is 0 Å². The van der Waals surface area contributed by atoms with Gasteiger partial charge in [0, 0.05) is 18.1 Å². The van der Waals surface area contributed by atoms with Crippen LogP contribution in [0, 0.1) is 0 Å². The molecule has 1 aliphatic heterocycles. The number of hydrogen-bond donors (Lipinski definition) is 1. The van der Waals surface area contributed by atoms with Crippen LogP contribution >= 0.6 is 0 Å². The Labute approximate surface area is 94.2 Å². The summed E-state index contributed by atoms with van der Waals surface area (Å²) < 4.78 is 0. The molecule has 15 heavy (non-hydrogen) atoms. The van der Waals surface area contributed by atoms with Gasteiger partial charge in [0.05, 0.1) is 0 Å². The van der Waals surface area contributed by atoms with Gasteiger partial charge in [-0.15, -0.1) is 0 Å². The minimum absolute atomic E-state index is 0.436. The number of nitrogens with two attached hydrogens (primary N) is 1. The van der Waals surface area contributed by atoms with Crippen LogP contribution in [0.5, 0.6) is 0 Å². The second kappa shape index (κ2) is 5.31. The number of rotatable bonds is 1. The first-order chi connectivity index (χ1) is 7.29. The molecule has 0 bridgehead atoms. The monoisotopic (exact) mass is 210 g/mol. The van der Waals surface area contributed by atoms with Crippen molar-refractivity contribution in [3.8, 4) is 0 Å². The van der Waals surface area contributed by atoms with Crippen LogP contribution < -0.4 is 5.73 Å². The Morgan fingerprint density at radius 3 is 2.33 bits per heavy atom. The predicted molar refractivity (Wildman–Crippen MR) is 64.9 cm³/mol. The van der Waals surface area contributed by atoms with Gasteiger partial charge in [0.2, 0.25) is 0 Å². The average Bonchev–Trinajstić information content (AvgIpc) is 2.59. The molecule has 2 nitrogen and oxygen atoms in total. The number of nitrogens with zero attached hydrogens (tertiary/aromatic N) is 1. The van der Waals surface area contributed by atoms with Crippen molar-refractivity contribution >= 4 is 0 Å². The Balaban J connectivity index is 1.96. The SMILES string of the molecule is CC1CCCN1C1CCCCCCC1N. The highest BCUT2D eigenvalue weighted by atomic mass is 15.2. The maximum absolute atomic E-state index is 6.35.